The Bertz CT molecular complexity index is 734. The molecule has 122 valence electrons. The zero-order chi connectivity index (χ0) is 16.6. The predicted octanol–water partition coefficient (Wildman–Crippen LogP) is 4.07. The third kappa shape index (κ3) is 3.53. The first-order chi connectivity index (χ1) is 11.0. The van der Waals surface area contributed by atoms with Crippen molar-refractivity contribution in [3.63, 3.8) is 0 Å². The van der Waals surface area contributed by atoms with Crippen LogP contribution in [0, 0.1) is 0 Å². The molecule has 1 amide bonds. The van der Waals surface area contributed by atoms with Crippen LogP contribution in [0.3, 0.4) is 0 Å². The van der Waals surface area contributed by atoms with Gasteiger partial charge in [0.1, 0.15) is 10.7 Å². The van der Waals surface area contributed by atoms with Crippen molar-refractivity contribution < 1.29 is 4.79 Å². The average molecular weight is 370 g/mol. The van der Waals surface area contributed by atoms with Crippen LogP contribution in [-0.4, -0.2) is 34.4 Å². The van der Waals surface area contributed by atoms with Crippen molar-refractivity contribution in [1.29, 1.82) is 0 Å². The molecular formula is C16H17Cl2N3OS. The van der Waals surface area contributed by atoms with Crippen LogP contribution in [0.15, 0.2) is 23.6 Å². The Morgan fingerprint density at radius 1 is 1.43 bits per heavy atom. The minimum absolute atomic E-state index is 0.0445. The highest BCUT2D eigenvalue weighted by Crippen LogP contribution is 2.33. The van der Waals surface area contributed by atoms with Gasteiger partial charge in [0.05, 0.1) is 5.02 Å². The minimum Gasteiger partial charge on any atom is -0.334 e. The lowest BCUT2D eigenvalue weighted by Crippen LogP contribution is -2.48. The maximum absolute atomic E-state index is 12.7. The topological polar surface area (TPSA) is 59.2 Å². The molecule has 1 fully saturated rings. The second-order valence-electron chi connectivity index (χ2n) is 5.79. The van der Waals surface area contributed by atoms with Gasteiger partial charge in [0.2, 0.25) is 0 Å². The van der Waals surface area contributed by atoms with Gasteiger partial charge in [-0.2, -0.15) is 0 Å². The molecule has 2 heterocycles. The van der Waals surface area contributed by atoms with Crippen molar-refractivity contribution in [3.8, 4) is 10.6 Å². The second-order valence-corrected chi connectivity index (χ2v) is 7.50. The van der Waals surface area contributed by atoms with E-state index >= 15 is 0 Å². The van der Waals surface area contributed by atoms with Gasteiger partial charge in [-0.15, -0.1) is 11.3 Å². The molecule has 3 rings (SSSR count). The summed E-state index contributed by atoms with van der Waals surface area (Å²) in [4.78, 5) is 19.0. The Morgan fingerprint density at radius 3 is 2.91 bits per heavy atom. The largest absolute Gasteiger partial charge is 0.334 e. The van der Waals surface area contributed by atoms with Crippen molar-refractivity contribution in [2.75, 3.05) is 6.54 Å². The van der Waals surface area contributed by atoms with Crippen molar-refractivity contribution in [2.45, 2.75) is 31.8 Å². The van der Waals surface area contributed by atoms with Gasteiger partial charge in [-0.1, -0.05) is 23.2 Å². The van der Waals surface area contributed by atoms with Gasteiger partial charge in [0.25, 0.3) is 5.91 Å². The molecule has 23 heavy (non-hydrogen) atoms. The number of piperidine rings is 1. The summed E-state index contributed by atoms with van der Waals surface area (Å²) < 4.78 is 0. The van der Waals surface area contributed by atoms with Crippen LogP contribution in [0.1, 0.15) is 30.3 Å². The summed E-state index contributed by atoms with van der Waals surface area (Å²) >= 11 is 13.5. The van der Waals surface area contributed by atoms with Crippen LogP contribution in [-0.2, 0) is 0 Å². The Hall–Kier alpha value is -1.14. The molecule has 1 aliphatic heterocycles. The summed E-state index contributed by atoms with van der Waals surface area (Å²) in [6.45, 7) is 2.70. The number of hydrogen-bond acceptors (Lipinski definition) is 4. The summed E-state index contributed by atoms with van der Waals surface area (Å²) in [5.41, 5.74) is 7.20. The van der Waals surface area contributed by atoms with E-state index in [-0.39, 0.29) is 18.0 Å². The number of nitrogens with two attached hydrogens (primary N) is 1. The Balaban J connectivity index is 1.82. The molecule has 0 saturated carbocycles. The maximum atomic E-state index is 12.7. The second kappa shape index (κ2) is 6.77. The smallest absolute Gasteiger partial charge is 0.273 e. The SMILES string of the molecule is C[C@@H]1C[C@H](N)CCN1C(=O)c1csc(-c2ccc(Cl)cc2Cl)n1. The summed E-state index contributed by atoms with van der Waals surface area (Å²) in [5, 5.41) is 3.61. The molecule has 1 aromatic heterocycles. The van der Waals surface area contributed by atoms with Crippen molar-refractivity contribution >= 4 is 40.4 Å². The van der Waals surface area contributed by atoms with Gasteiger partial charge >= 0.3 is 0 Å². The van der Waals surface area contributed by atoms with Crippen molar-refractivity contribution in [2.24, 2.45) is 5.73 Å². The first kappa shape index (κ1) is 16.7. The van der Waals surface area contributed by atoms with Gasteiger partial charge in [0, 0.05) is 34.6 Å². The monoisotopic (exact) mass is 369 g/mol. The van der Waals surface area contributed by atoms with Gasteiger partial charge in [-0.25, -0.2) is 4.98 Å². The number of nitrogens with zero attached hydrogens (tertiary/aromatic N) is 2. The fourth-order valence-corrected chi connectivity index (χ4v) is 4.20. The van der Waals surface area contributed by atoms with E-state index in [1.807, 2.05) is 17.9 Å². The van der Waals surface area contributed by atoms with Crippen LogP contribution in [0.4, 0.5) is 0 Å². The zero-order valence-corrected chi connectivity index (χ0v) is 15.0. The Kier molecular flexibility index (Phi) is 4.92. The number of halogens is 2. The molecule has 2 aromatic rings. The van der Waals surface area contributed by atoms with Gasteiger partial charge in [-0.05, 0) is 38.0 Å². The lowest BCUT2D eigenvalue weighted by molar-refractivity contribution is 0.0614. The molecule has 2 atom stereocenters. The number of hydrogen-bond donors (Lipinski definition) is 1. The summed E-state index contributed by atoms with van der Waals surface area (Å²) in [5.74, 6) is -0.0445. The normalized spacial score (nSPS) is 21.5. The highest BCUT2D eigenvalue weighted by atomic mass is 35.5. The van der Waals surface area contributed by atoms with E-state index in [0.717, 1.165) is 23.4 Å². The van der Waals surface area contributed by atoms with Crippen molar-refractivity contribution in [3.05, 3.63) is 39.3 Å². The molecule has 0 radical (unpaired) electrons. The third-order valence-corrected chi connectivity index (χ3v) is 5.49. The van der Waals surface area contributed by atoms with E-state index in [4.69, 9.17) is 28.9 Å². The molecule has 0 aliphatic carbocycles. The molecule has 0 bridgehead atoms. The van der Waals surface area contributed by atoms with Crippen LogP contribution in [0.25, 0.3) is 10.6 Å². The molecule has 7 heteroatoms. The summed E-state index contributed by atoms with van der Waals surface area (Å²) in [6, 6.07) is 5.57. The van der Waals surface area contributed by atoms with E-state index in [1.54, 1.807) is 17.5 Å². The highest BCUT2D eigenvalue weighted by Gasteiger charge is 2.29. The van der Waals surface area contributed by atoms with Crippen LogP contribution < -0.4 is 5.73 Å². The third-order valence-electron chi connectivity index (χ3n) is 4.06. The highest BCUT2D eigenvalue weighted by molar-refractivity contribution is 7.13. The molecule has 0 spiro atoms. The number of benzene rings is 1. The molecule has 1 saturated heterocycles. The van der Waals surface area contributed by atoms with E-state index in [9.17, 15) is 4.79 Å². The molecule has 1 aromatic carbocycles. The van der Waals surface area contributed by atoms with Crippen LogP contribution >= 0.6 is 34.5 Å². The number of aromatic nitrogens is 1. The minimum atomic E-state index is -0.0445. The first-order valence-corrected chi connectivity index (χ1v) is 9.06. The van der Waals surface area contributed by atoms with E-state index in [2.05, 4.69) is 4.98 Å². The molecular weight excluding hydrogens is 353 g/mol. The zero-order valence-electron chi connectivity index (χ0n) is 12.6. The molecule has 4 nitrogen and oxygen atoms in total. The standard InChI is InChI=1S/C16H17Cl2N3OS/c1-9-6-11(19)4-5-21(9)16(22)14-8-23-15(20-14)12-3-2-10(17)7-13(12)18/h2-3,7-9,11H,4-6,19H2,1H3/t9-,11-/m1/s1. The van der Waals surface area contributed by atoms with Gasteiger partial charge < -0.3 is 10.6 Å². The number of amides is 1. The first-order valence-electron chi connectivity index (χ1n) is 7.43. The number of thiazole rings is 1. The average Bonchev–Trinajstić information content (AvgIpc) is 2.96. The fourth-order valence-electron chi connectivity index (χ4n) is 2.82. The summed E-state index contributed by atoms with van der Waals surface area (Å²) in [7, 11) is 0. The quantitative estimate of drug-likeness (QED) is 0.867. The molecule has 2 N–H and O–H groups in total. The van der Waals surface area contributed by atoms with E-state index in [1.165, 1.54) is 11.3 Å². The number of rotatable bonds is 2. The maximum Gasteiger partial charge on any atom is 0.273 e. The molecule has 1 aliphatic rings. The van der Waals surface area contributed by atoms with Crippen molar-refractivity contribution in [1.82, 2.24) is 9.88 Å². The Morgan fingerprint density at radius 2 is 2.22 bits per heavy atom. The van der Waals surface area contributed by atoms with E-state index in [0.29, 0.717) is 22.3 Å². The van der Waals surface area contributed by atoms with Crippen LogP contribution in [0.5, 0.6) is 0 Å². The lowest BCUT2D eigenvalue weighted by Gasteiger charge is -2.35. The Labute approximate surface area is 149 Å². The lowest BCUT2D eigenvalue weighted by atomic mass is 9.99. The molecule has 0 unspecified atom stereocenters. The number of carbonyl (C=O) groups excluding carboxylic acids is 1. The fraction of sp³-hybridized carbons (Fsp3) is 0.375. The number of carbonyl (C=O) groups is 1. The summed E-state index contributed by atoms with van der Waals surface area (Å²) in [6.07, 6.45) is 1.65. The predicted molar refractivity (Wildman–Crippen MR) is 95.3 cm³/mol. The number of likely N-dealkylation sites (tertiary alicyclic amines) is 1. The van der Waals surface area contributed by atoms with E-state index < -0.39 is 0 Å². The van der Waals surface area contributed by atoms with Gasteiger partial charge in [0.15, 0.2) is 0 Å². The van der Waals surface area contributed by atoms with Gasteiger partial charge in [-0.3, -0.25) is 4.79 Å². The van der Waals surface area contributed by atoms with Crippen LogP contribution in [0.2, 0.25) is 10.0 Å².